The van der Waals surface area contributed by atoms with E-state index in [1.54, 1.807) is 19.1 Å². The minimum atomic E-state index is -0.639. The van der Waals surface area contributed by atoms with Crippen LogP contribution in [0.1, 0.15) is 31.9 Å². The van der Waals surface area contributed by atoms with Gasteiger partial charge in [0.2, 0.25) is 0 Å². The molecule has 1 saturated heterocycles. The van der Waals surface area contributed by atoms with E-state index in [9.17, 15) is 9.50 Å². The number of nitrogens with zero attached hydrogens (tertiary/aromatic N) is 1. The van der Waals surface area contributed by atoms with E-state index in [1.165, 1.54) is 6.07 Å². The highest BCUT2D eigenvalue weighted by molar-refractivity contribution is 5.50. The Hall–Kier alpha value is -1.13. The first-order chi connectivity index (χ1) is 8.63. The summed E-state index contributed by atoms with van der Waals surface area (Å²) in [5.74, 6) is -0.270. The van der Waals surface area contributed by atoms with Crippen LogP contribution in [-0.2, 0) is 4.74 Å². The molecule has 0 spiro atoms. The molecule has 1 heterocycles. The Bertz CT molecular complexity index is 409. The third-order valence-electron chi connectivity index (χ3n) is 3.46. The molecule has 18 heavy (non-hydrogen) atoms. The second-order valence-electron chi connectivity index (χ2n) is 4.72. The smallest absolute Gasteiger partial charge is 0.146 e. The first-order valence-electron chi connectivity index (χ1n) is 6.45. The summed E-state index contributed by atoms with van der Waals surface area (Å²) in [5, 5.41) is 9.45. The van der Waals surface area contributed by atoms with Crippen LogP contribution in [0.2, 0.25) is 0 Å². The molecule has 4 heteroatoms. The maximum Gasteiger partial charge on any atom is 0.146 e. The van der Waals surface area contributed by atoms with Crippen molar-refractivity contribution in [1.29, 1.82) is 0 Å². The molecule has 100 valence electrons. The van der Waals surface area contributed by atoms with Crippen molar-refractivity contribution in [2.24, 2.45) is 0 Å². The Morgan fingerprint density at radius 1 is 1.56 bits per heavy atom. The normalized spacial score (nSPS) is 22.0. The van der Waals surface area contributed by atoms with Crippen molar-refractivity contribution < 1.29 is 14.2 Å². The number of rotatable bonds is 3. The predicted molar refractivity (Wildman–Crippen MR) is 69.3 cm³/mol. The monoisotopic (exact) mass is 253 g/mol. The molecule has 0 radical (unpaired) electrons. The average Bonchev–Trinajstić information content (AvgIpc) is 2.38. The van der Waals surface area contributed by atoms with Crippen LogP contribution in [0.25, 0.3) is 0 Å². The van der Waals surface area contributed by atoms with Gasteiger partial charge in [-0.05, 0) is 31.0 Å². The second-order valence-corrected chi connectivity index (χ2v) is 4.72. The molecule has 1 aromatic rings. The summed E-state index contributed by atoms with van der Waals surface area (Å²) < 4.78 is 19.5. The molecular formula is C14H20FNO2. The molecule has 1 aromatic carbocycles. The molecule has 0 aromatic heterocycles. The van der Waals surface area contributed by atoms with E-state index in [4.69, 9.17) is 4.74 Å². The van der Waals surface area contributed by atoms with Crippen LogP contribution in [0.4, 0.5) is 10.1 Å². The molecule has 1 fully saturated rings. The van der Waals surface area contributed by atoms with Crippen molar-refractivity contribution in [3.8, 4) is 0 Å². The van der Waals surface area contributed by atoms with Gasteiger partial charge in [-0.15, -0.1) is 0 Å². The van der Waals surface area contributed by atoms with E-state index in [2.05, 4.69) is 11.8 Å². The molecule has 3 nitrogen and oxygen atoms in total. The molecule has 2 rings (SSSR count). The van der Waals surface area contributed by atoms with Crippen LogP contribution in [-0.4, -0.2) is 30.9 Å². The van der Waals surface area contributed by atoms with Crippen molar-refractivity contribution in [3.63, 3.8) is 0 Å². The quantitative estimate of drug-likeness (QED) is 0.898. The van der Waals surface area contributed by atoms with Gasteiger partial charge in [0.25, 0.3) is 0 Å². The van der Waals surface area contributed by atoms with E-state index in [0.29, 0.717) is 31.0 Å². The van der Waals surface area contributed by atoms with Crippen LogP contribution in [0.5, 0.6) is 0 Å². The summed E-state index contributed by atoms with van der Waals surface area (Å²) in [6, 6.07) is 5.18. The van der Waals surface area contributed by atoms with Crippen molar-refractivity contribution in [3.05, 3.63) is 29.6 Å². The maximum atomic E-state index is 14.1. The lowest BCUT2D eigenvalue weighted by atomic mass is 10.1. The lowest BCUT2D eigenvalue weighted by Crippen LogP contribution is -2.45. The third kappa shape index (κ3) is 2.65. The van der Waals surface area contributed by atoms with Gasteiger partial charge in [0, 0.05) is 6.54 Å². The third-order valence-corrected chi connectivity index (χ3v) is 3.46. The number of morpholine rings is 1. The standard InChI is InChI=1S/C14H20FNO2/c1-3-12-9-18-7-6-16(12)14-5-4-11(10(2)17)8-13(14)15/h4-5,8,10,12,17H,3,6-7,9H2,1-2H3. The van der Waals surface area contributed by atoms with Gasteiger partial charge >= 0.3 is 0 Å². The van der Waals surface area contributed by atoms with Gasteiger partial charge in [-0.25, -0.2) is 4.39 Å². The lowest BCUT2D eigenvalue weighted by molar-refractivity contribution is 0.0926. The van der Waals surface area contributed by atoms with Gasteiger partial charge in [-0.1, -0.05) is 13.0 Å². The fourth-order valence-corrected chi connectivity index (χ4v) is 2.33. The number of halogens is 1. The molecule has 0 saturated carbocycles. The van der Waals surface area contributed by atoms with E-state index in [0.717, 1.165) is 6.42 Å². The highest BCUT2D eigenvalue weighted by atomic mass is 19.1. The van der Waals surface area contributed by atoms with E-state index in [1.807, 2.05) is 0 Å². The average molecular weight is 253 g/mol. The van der Waals surface area contributed by atoms with Gasteiger partial charge in [-0.3, -0.25) is 0 Å². The van der Waals surface area contributed by atoms with Crippen molar-refractivity contribution >= 4 is 5.69 Å². The largest absolute Gasteiger partial charge is 0.389 e. The second kappa shape index (κ2) is 5.67. The minimum Gasteiger partial charge on any atom is -0.389 e. The Morgan fingerprint density at radius 3 is 2.94 bits per heavy atom. The summed E-state index contributed by atoms with van der Waals surface area (Å²) in [7, 11) is 0. The molecule has 0 bridgehead atoms. The maximum absolute atomic E-state index is 14.1. The Labute approximate surface area is 107 Å². The molecule has 1 aliphatic heterocycles. The van der Waals surface area contributed by atoms with Crippen LogP contribution in [0.3, 0.4) is 0 Å². The summed E-state index contributed by atoms with van der Waals surface area (Å²) in [6.45, 7) is 5.71. The number of ether oxygens (including phenoxy) is 1. The summed E-state index contributed by atoms with van der Waals surface area (Å²) in [5.41, 5.74) is 1.21. The SMILES string of the molecule is CCC1COCCN1c1ccc(C(C)O)cc1F. The van der Waals surface area contributed by atoms with Crippen molar-refractivity contribution in [2.45, 2.75) is 32.4 Å². The number of hydrogen-bond donors (Lipinski definition) is 1. The van der Waals surface area contributed by atoms with Gasteiger partial charge in [-0.2, -0.15) is 0 Å². The van der Waals surface area contributed by atoms with Crippen molar-refractivity contribution in [2.75, 3.05) is 24.7 Å². The Morgan fingerprint density at radius 2 is 2.33 bits per heavy atom. The zero-order valence-corrected chi connectivity index (χ0v) is 10.9. The molecular weight excluding hydrogens is 233 g/mol. The highest BCUT2D eigenvalue weighted by Gasteiger charge is 2.24. The zero-order valence-electron chi connectivity index (χ0n) is 10.9. The van der Waals surface area contributed by atoms with E-state index >= 15 is 0 Å². The number of aliphatic hydroxyl groups is 1. The fraction of sp³-hybridized carbons (Fsp3) is 0.571. The number of aliphatic hydroxyl groups excluding tert-OH is 1. The first-order valence-corrected chi connectivity index (χ1v) is 6.45. The summed E-state index contributed by atoms with van der Waals surface area (Å²) >= 11 is 0. The van der Waals surface area contributed by atoms with E-state index in [-0.39, 0.29) is 11.9 Å². The molecule has 1 aliphatic rings. The van der Waals surface area contributed by atoms with Crippen LogP contribution < -0.4 is 4.90 Å². The minimum absolute atomic E-state index is 0.227. The predicted octanol–water partition coefficient (Wildman–Crippen LogP) is 2.49. The number of benzene rings is 1. The van der Waals surface area contributed by atoms with Gasteiger partial charge in [0.15, 0.2) is 0 Å². The zero-order chi connectivity index (χ0) is 13.1. The van der Waals surface area contributed by atoms with Gasteiger partial charge in [0.1, 0.15) is 5.82 Å². The molecule has 2 unspecified atom stereocenters. The molecule has 0 aliphatic carbocycles. The van der Waals surface area contributed by atoms with Crippen molar-refractivity contribution in [1.82, 2.24) is 0 Å². The molecule has 1 N–H and O–H groups in total. The molecule has 2 atom stereocenters. The molecule has 0 amide bonds. The van der Waals surface area contributed by atoms with Crippen LogP contribution in [0.15, 0.2) is 18.2 Å². The highest BCUT2D eigenvalue weighted by Crippen LogP contribution is 2.27. The number of anilines is 1. The van der Waals surface area contributed by atoms with Gasteiger partial charge in [0.05, 0.1) is 31.0 Å². The van der Waals surface area contributed by atoms with Crippen LogP contribution >= 0.6 is 0 Å². The Kier molecular flexibility index (Phi) is 4.19. The number of hydrogen-bond acceptors (Lipinski definition) is 3. The van der Waals surface area contributed by atoms with Crippen LogP contribution in [0, 0.1) is 5.82 Å². The first kappa shape index (κ1) is 13.3. The lowest BCUT2D eigenvalue weighted by Gasteiger charge is -2.37. The summed E-state index contributed by atoms with van der Waals surface area (Å²) in [4.78, 5) is 2.06. The Balaban J connectivity index is 2.26. The van der Waals surface area contributed by atoms with E-state index < -0.39 is 6.10 Å². The summed E-state index contributed by atoms with van der Waals surface area (Å²) in [6.07, 6.45) is 0.289. The van der Waals surface area contributed by atoms with Gasteiger partial charge < -0.3 is 14.7 Å². The fourth-order valence-electron chi connectivity index (χ4n) is 2.33. The topological polar surface area (TPSA) is 32.7 Å².